The third-order valence-electron chi connectivity index (χ3n) is 3.00. The van der Waals surface area contributed by atoms with Gasteiger partial charge in [-0.25, -0.2) is 0 Å². The molecule has 0 radical (unpaired) electrons. The maximum Gasteiger partial charge on any atom is 0.188 e. The van der Waals surface area contributed by atoms with Crippen molar-refractivity contribution in [3.8, 4) is 0 Å². The Labute approximate surface area is 124 Å². The highest BCUT2D eigenvalue weighted by molar-refractivity contribution is 6.30. The van der Waals surface area contributed by atoms with Gasteiger partial charge in [-0.05, 0) is 42.7 Å². The van der Waals surface area contributed by atoms with E-state index in [1.807, 2.05) is 18.2 Å². The molecule has 0 aliphatic heterocycles. The van der Waals surface area contributed by atoms with Crippen molar-refractivity contribution in [3.63, 3.8) is 0 Å². The number of hydrogen-bond acceptors (Lipinski definition) is 2. The SMILES string of the molecule is O=C(COCCCc1ccccc1)c1ccc(Cl)cc1. The number of ketones is 1. The average Bonchev–Trinajstić information content (AvgIpc) is 2.48. The third-order valence-corrected chi connectivity index (χ3v) is 3.25. The Morgan fingerprint density at radius 2 is 1.70 bits per heavy atom. The van der Waals surface area contributed by atoms with Crippen molar-refractivity contribution < 1.29 is 9.53 Å². The van der Waals surface area contributed by atoms with Gasteiger partial charge in [0.05, 0.1) is 0 Å². The molecule has 0 saturated heterocycles. The fourth-order valence-electron chi connectivity index (χ4n) is 1.91. The topological polar surface area (TPSA) is 26.3 Å². The van der Waals surface area contributed by atoms with Crippen LogP contribution in [0, 0.1) is 0 Å². The van der Waals surface area contributed by atoms with E-state index >= 15 is 0 Å². The Hall–Kier alpha value is -1.64. The minimum Gasteiger partial charge on any atom is -0.373 e. The average molecular weight is 289 g/mol. The van der Waals surface area contributed by atoms with Crippen LogP contribution < -0.4 is 0 Å². The summed E-state index contributed by atoms with van der Waals surface area (Å²) in [5.41, 5.74) is 1.93. The number of aryl methyl sites for hydroxylation is 1. The lowest BCUT2D eigenvalue weighted by Gasteiger charge is -2.04. The molecule has 0 unspecified atom stereocenters. The van der Waals surface area contributed by atoms with Crippen molar-refractivity contribution in [3.05, 3.63) is 70.7 Å². The van der Waals surface area contributed by atoms with Crippen molar-refractivity contribution in [1.82, 2.24) is 0 Å². The fourth-order valence-corrected chi connectivity index (χ4v) is 2.03. The molecule has 3 heteroatoms. The van der Waals surface area contributed by atoms with E-state index in [9.17, 15) is 4.79 Å². The summed E-state index contributed by atoms with van der Waals surface area (Å²) >= 11 is 5.78. The maximum atomic E-state index is 11.8. The Balaban J connectivity index is 1.66. The number of carbonyl (C=O) groups excluding carboxylic acids is 1. The Morgan fingerprint density at radius 1 is 1.00 bits per heavy atom. The highest BCUT2D eigenvalue weighted by Crippen LogP contribution is 2.10. The van der Waals surface area contributed by atoms with Crippen molar-refractivity contribution in [2.24, 2.45) is 0 Å². The zero-order valence-electron chi connectivity index (χ0n) is 11.2. The second kappa shape index (κ2) is 7.83. The molecule has 2 nitrogen and oxygen atoms in total. The number of benzene rings is 2. The summed E-state index contributed by atoms with van der Waals surface area (Å²) in [4.78, 5) is 11.8. The van der Waals surface area contributed by atoms with E-state index in [1.165, 1.54) is 5.56 Å². The largest absolute Gasteiger partial charge is 0.373 e. The lowest BCUT2D eigenvalue weighted by atomic mass is 10.1. The number of hydrogen-bond donors (Lipinski definition) is 0. The van der Waals surface area contributed by atoms with Gasteiger partial charge in [-0.3, -0.25) is 4.79 Å². The predicted octanol–water partition coefficient (Wildman–Crippen LogP) is 4.17. The molecule has 0 aliphatic rings. The molecule has 0 spiro atoms. The lowest BCUT2D eigenvalue weighted by molar-refractivity contribution is 0.0756. The van der Waals surface area contributed by atoms with Gasteiger partial charge in [-0.15, -0.1) is 0 Å². The molecule has 20 heavy (non-hydrogen) atoms. The molecule has 0 saturated carbocycles. The van der Waals surface area contributed by atoms with E-state index in [4.69, 9.17) is 16.3 Å². The van der Waals surface area contributed by atoms with Crippen molar-refractivity contribution in [1.29, 1.82) is 0 Å². The summed E-state index contributed by atoms with van der Waals surface area (Å²) in [6.45, 7) is 0.713. The van der Waals surface area contributed by atoms with Gasteiger partial charge in [-0.1, -0.05) is 41.9 Å². The highest BCUT2D eigenvalue weighted by Gasteiger charge is 2.05. The smallest absolute Gasteiger partial charge is 0.188 e. The van der Waals surface area contributed by atoms with Gasteiger partial charge in [0.1, 0.15) is 6.61 Å². The molecular formula is C17H17ClO2. The lowest BCUT2D eigenvalue weighted by Crippen LogP contribution is -2.10. The monoisotopic (exact) mass is 288 g/mol. The van der Waals surface area contributed by atoms with E-state index in [0.29, 0.717) is 17.2 Å². The van der Waals surface area contributed by atoms with E-state index in [1.54, 1.807) is 24.3 Å². The first-order valence-electron chi connectivity index (χ1n) is 6.66. The second-order valence-electron chi connectivity index (χ2n) is 4.57. The van der Waals surface area contributed by atoms with Gasteiger partial charge in [0.2, 0.25) is 0 Å². The third kappa shape index (κ3) is 4.80. The van der Waals surface area contributed by atoms with Gasteiger partial charge in [0, 0.05) is 17.2 Å². The van der Waals surface area contributed by atoms with Crippen LogP contribution in [0.1, 0.15) is 22.3 Å². The van der Waals surface area contributed by atoms with E-state index < -0.39 is 0 Å². The molecule has 104 valence electrons. The van der Waals surface area contributed by atoms with Gasteiger partial charge in [0.15, 0.2) is 5.78 Å². The maximum absolute atomic E-state index is 11.8. The summed E-state index contributed by atoms with van der Waals surface area (Å²) in [5, 5.41) is 0.630. The summed E-state index contributed by atoms with van der Waals surface area (Å²) < 4.78 is 5.42. The molecule has 0 aliphatic carbocycles. The number of Topliss-reactive ketones (excluding diaryl/α,β-unsaturated/α-hetero) is 1. The molecule has 2 aromatic rings. The Morgan fingerprint density at radius 3 is 2.40 bits per heavy atom. The fraction of sp³-hybridized carbons (Fsp3) is 0.235. The van der Waals surface area contributed by atoms with Crippen LogP contribution in [0.4, 0.5) is 0 Å². The summed E-state index contributed by atoms with van der Waals surface area (Å²) in [6.07, 6.45) is 1.88. The first kappa shape index (κ1) is 14.8. The van der Waals surface area contributed by atoms with Crippen molar-refractivity contribution >= 4 is 17.4 Å². The molecule has 2 rings (SSSR count). The van der Waals surface area contributed by atoms with Crippen molar-refractivity contribution in [2.45, 2.75) is 12.8 Å². The van der Waals surface area contributed by atoms with Crippen LogP contribution >= 0.6 is 11.6 Å². The zero-order valence-corrected chi connectivity index (χ0v) is 12.0. The molecule has 0 amide bonds. The Kier molecular flexibility index (Phi) is 5.78. The molecular weight excluding hydrogens is 272 g/mol. The predicted molar refractivity (Wildman–Crippen MR) is 81.4 cm³/mol. The first-order chi connectivity index (χ1) is 9.75. The summed E-state index contributed by atoms with van der Waals surface area (Å²) in [6, 6.07) is 17.1. The van der Waals surface area contributed by atoms with Crippen LogP contribution in [0.15, 0.2) is 54.6 Å². The number of halogens is 1. The highest BCUT2D eigenvalue weighted by atomic mass is 35.5. The van der Waals surface area contributed by atoms with Gasteiger partial charge in [0.25, 0.3) is 0 Å². The van der Waals surface area contributed by atoms with Crippen LogP contribution in [0.3, 0.4) is 0 Å². The minimum absolute atomic E-state index is 0.0126. The van der Waals surface area contributed by atoms with E-state index in [-0.39, 0.29) is 12.4 Å². The van der Waals surface area contributed by atoms with Crippen LogP contribution in [0.5, 0.6) is 0 Å². The molecule has 0 bridgehead atoms. The van der Waals surface area contributed by atoms with Crippen LogP contribution in [0.2, 0.25) is 5.02 Å². The van der Waals surface area contributed by atoms with Gasteiger partial charge < -0.3 is 4.74 Å². The molecule has 0 atom stereocenters. The Bertz CT molecular complexity index is 535. The second-order valence-corrected chi connectivity index (χ2v) is 5.01. The standard InChI is InChI=1S/C17H17ClO2/c18-16-10-8-15(9-11-16)17(19)13-20-12-4-7-14-5-2-1-3-6-14/h1-3,5-6,8-11H,4,7,12-13H2. The minimum atomic E-state index is -0.0126. The first-order valence-corrected chi connectivity index (χ1v) is 7.04. The van der Waals surface area contributed by atoms with E-state index in [0.717, 1.165) is 12.8 Å². The van der Waals surface area contributed by atoms with Gasteiger partial charge >= 0.3 is 0 Å². The zero-order chi connectivity index (χ0) is 14.2. The number of rotatable bonds is 7. The molecule has 0 N–H and O–H groups in total. The van der Waals surface area contributed by atoms with E-state index in [2.05, 4.69) is 12.1 Å². The summed E-state index contributed by atoms with van der Waals surface area (Å²) in [7, 11) is 0. The normalized spacial score (nSPS) is 10.4. The molecule has 0 fully saturated rings. The molecule has 2 aromatic carbocycles. The number of carbonyl (C=O) groups is 1. The molecule has 0 heterocycles. The van der Waals surface area contributed by atoms with Crippen LogP contribution in [-0.4, -0.2) is 19.0 Å². The van der Waals surface area contributed by atoms with Crippen molar-refractivity contribution in [2.75, 3.05) is 13.2 Å². The summed E-state index contributed by atoms with van der Waals surface area (Å²) in [5.74, 6) is -0.0126. The number of ether oxygens (including phenoxy) is 1. The quantitative estimate of drug-likeness (QED) is 0.564. The van der Waals surface area contributed by atoms with Crippen LogP contribution in [-0.2, 0) is 11.2 Å². The molecule has 0 aromatic heterocycles. The van der Waals surface area contributed by atoms with Crippen LogP contribution in [0.25, 0.3) is 0 Å². The van der Waals surface area contributed by atoms with Gasteiger partial charge in [-0.2, -0.15) is 0 Å².